The average molecular weight is 129 g/mol. The minimum atomic E-state index is 0.157. The maximum atomic E-state index is 5.21. The van der Waals surface area contributed by atoms with Crippen LogP contribution in [0.15, 0.2) is 5.16 Å². The van der Waals surface area contributed by atoms with Crippen molar-refractivity contribution in [2.75, 3.05) is 13.7 Å². The first-order valence-electron chi connectivity index (χ1n) is 3.06. The Hall–Kier alpha value is -0.570. The van der Waals surface area contributed by atoms with Crippen LogP contribution in [0, 0.1) is 0 Å². The van der Waals surface area contributed by atoms with Gasteiger partial charge in [-0.25, -0.2) is 0 Å². The smallest absolute Gasteiger partial charge is 0.106 e. The Balaban J connectivity index is 2.48. The molecule has 0 aromatic heterocycles. The molecule has 1 rings (SSSR count). The fraction of sp³-hybridized carbons (Fsp3) is 0.833. The summed E-state index contributed by atoms with van der Waals surface area (Å²) in [6.45, 7) is 2.76. The zero-order valence-corrected chi connectivity index (χ0v) is 5.76. The van der Waals surface area contributed by atoms with Gasteiger partial charge < -0.3 is 9.57 Å². The van der Waals surface area contributed by atoms with E-state index in [1.807, 2.05) is 6.92 Å². The molecule has 0 N–H and O–H groups in total. The highest BCUT2D eigenvalue weighted by molar-refractivity contribution is 5.89. The van der Waals surface area contributed by atoms with Crippen LogP contribution in [0.3, 0.4) is 0 Å². The van der Waals surface area contributed by atoms with Crippen LogP contribution in [0.2, 0.25) is 0 Å². The lowest BCUT2D eigenvalue weighted by atomic mass is 10.2. The van der Waals surface area contributed by atoms with Gasteiger partial charge in [0.2, 0.25) is 0 Å². The summed E-state index contributed by atoms with van der Waals surface area (Å²) >= 11 is 0. The summed E-state index contributed by atoms with van der Waals surface area (Å²) < 4.78 is 5.21. The number of hydrogen-bond acceptors (Lipinski definition) is 3. The van der Waals surface area contributed by atoms with E-state index in [9.17, 15) is 0 Å². The molecule has 0 amide bonds. The van der Waals surface area contributed by atoms with Crippen LogP contribution in [0.5, 0.6) is 0 Å². The molecule has 0 saturated carbocycles. The summed E-state index contributed by atoms with van der Waals surface area (Å²) in [6, 6.07) is 0. The molecule has 0 aliphatic carbocycles. The molecule has 1 fully saturated rings. The van der Waals surface area contributed by atoms with Crippen molar-refractivity contribution < 1.29 is 9.57 Å². The summed E-state index contributed by atoms with van der Waals surface area (Å²) in [6.07, 6.45) is 1.07. The van der Waals surface area contributed by atoms with E-state index in [1.54, 1.807) is 7.11 Å². The number of rotatable bonds is 1. The van der Waals surface area contributed by atoms with Gasteiger partial charge in [-0.05, 0) is 6.92 Å². The molecule has 1 aliphatic heterocycles. The lowest BCUT2D eigenvalue weighted by molar-refractivity contribution is 0.142. The molecule has 3 nitrogen and oxygen atoms in total. The highest BCUT2D eigenvalue weighted by Crippen LogP contribution is 2.08. The van der Waals surface area contributed by atoms with E-state index in [0.29, 0.717) is 0 Å². The van der Waals surface area contributed by atoms with Crippen LogP contribution in [0.1, 0.15) is 13.3 Å². The van der Waals surface area contributed by atoms with Gasteiger partial charge in [-0.1, -0.05) is 5.16 Å². The maximum Gasteiger partial charge on any atom is 0.106 e. The molecule has 0 aromatic carbocycles. The summed E-state index contributed by atoms with van der Waals surface area (Å²) in [4.78, 5) is 4.60. The van der Waals surface area contributed by atoms with Gasteiger partial charge in [0.15, 0.2) is 0 Å². The van der Waals surface area contributed by atoms with Crippen molar-refractivity contribution in [3.05, 3.63) is 0 Å². The number of nitrogens with zero attached hydrogens (tertiary/aromatic N) is 1. The monoisotopic (exact) mass is 129 g/mol. The Morgan fingerprint density at radius 1 is 1.78 bits per heavy atom. The van der Waals surface area contributed by atoms with Gasteiger partial charge in [-0.2, -0.15) is 0 Å². The lowest BCUT2D eigenvalue weighted by Crippen LogP contribution is -2.09. The van der Waals surface area contributed by atoms with Gasteiger partial charge in [0, 0.05) is 6.42 Å². The maximum absolute atomic E-state index is 5.21. The second-order valence-corrected chi connectivity index (χ2v) is 2.03. The van der Waals surface area contributed by atoms with Crippen LogP contribution in [0.25, 0.3) is 0 Å². The first kappa shape index (κ1) is 6.55. The molecule has 1 saturated heterocycles. The predicted molar refractivity (Wildman–Crippen MR) is 34.5 cm³/mol. The third-order valence-corrected chi connectivity index (χ3v) is 1.40. The Bertz CT molecular complexity index is 122. The van der Waals surface area contributed by atoms with Crippen molar-refractivity contribution >= 4 is 5.71 Å². The SMILES string of the molecule is CO/N=C1/CCOC1C. The van der Waals surface area contributed by atoms with Gasteiger partial charge in [0.25, 0.3) is 0 Å². The fourth-order valence-corrected chi connectivity index (χ4v) is 0.877. The van der Waals surface area contributed by atoms with Crippen molar-refractivity contribution in [1.82, 2.24) is 0 Å². The van der Waals surface area contributed by atoms with Crippen molar-refractivity contribution in [3.8, 4) is 0 Å². The number of oxime groups is 1. The molecule has 1 atom stereocenters. The normalized spacial score (nSPS) is 31.3. The van der Waals surface area contributed by atoms with Crippen LogP contribution in [0.4, 0.5) is 0 Å². The number of hydrogen-bond donors (Lipinski definition) is 0. The molecule has 1 heterocycles. The van der Waals surface area contributed by atoms with Crippen molar-refractivity contribution in [1.29, 1.82) is 0 Å². The molecule has 0 aromatic rings. The highest BCUT2D eigenvalue weighted by atomic mass is 16.6. The lowest BCUT2D eigenvalue weighted by Gasteiger charge is -1.99. The predicted octanol–water partition coefficient (Wildman–Crippen LogP) is 0.798. The van der Waals surface area contributed by atoms with Crippen LogP contribution in [-0.4, -0.2) is 25.5 Å². The van der Waals surface area contributed by atoms with E-state index >= 15 is 0 Å². The quantitative estimate of drug-likeness (QED) is 0.490. The van der Waals surface area contributed by atoms with E-state index in [0.717, 1.165) is 18.7 Å². The molecule has 0 radical (unpaired) electrons. The Morgan fingerprint density at radius 3 is 3.00 bits per heavy atom. The van der Waals surface area contributed by atoms with Crippen LogP contribution < -0.4 is 0 Å². The molecule has 52 valence electrons. The minimum Gasteiger partial charge on any atom is -0.399 e. The van der Waals surface area contributed by atoms with Gasteiger partial charge in [0.05, 0.1) is 18.4 Å². The van der Waals surface area contributed by atoms with Crippen molar-refractivity contribution in [3.63, 3.8) is 0 Å². The molecule has 0 bridgehead atoms. The van der Waals surface area contributed by atoms with Gasteiger partial charge in [-0.3, -0.25) is 0 Å². The van der Waals surface area contributed by atoms with E-state index in [4.69, 9.17) is 4.74 Å². The molecule has 1 aliphatic rings. The Labute approximate surface area is 54.6 Å². The molecule has 3 heteroatoms. The highest BCUT2D eigenvalue weighted by Gasteiger charge is 2.18. The summed E-state index contributed by atoms with van der Waals surface area (Å²) in [5.74, 6) is 0. The van der Waals surface area contributed by atoms with Gasteiger partial charge >= 0.3 is 0 Å². The van der Waals surface area contributed by atoms with E-state index in [-0.39, 0.29) is 6.10 Å². The summed E-state index contributed by atoms with van der Waals surface area (Å²) in [5, 5.41) is 3.80. The summed E-state index contributed by atoms with van der Waals surface area (Å²) in [7, 11) is 1.55. The molecular formula is C6H11NO2. The zero-order chi connectivity index (χ0) is 6.69. The molecule has 1 unspecified atom stereocenters. The third kappa shape index (κ3) is 1.42. The second-order valence-electron chi connectivity index (χ2n) is 2.03. The topological polar surface area (TPSA) is 30.8 Å². The fourth-order valence-electron chi connectivity index (χ4n) is 0.877. The van der Waals surface area contributed by atoms with E-state index in [1.165, 1.54) is 0 Å². The zero-order valence-electron chi connectivity index (χ0n) is 5.76. The minimum absolute atomic E-state index is 0.157. The average Bonchev–Trinajstić information content (AvgIpc) is 2.18. The summed E-state index contributed by atoms with van der Waals surface area (Å²) in [5.41, 5.74) is 1.01. The van der Waals surface area contributed by atoms with Crippen LogP contribution in [-0.2, 0) is 9.57 Å². The second kappa shape index (κ2) is 2.82. The Kier molecular flexibility index (Phi) is 2.05. The Morgan fingerprint density at radius 2 is 2.56 bits per heavy atom. The standard InChI is InChI=1S/C6H11NO2/c1-5-6(7-8-2)3-4-9-5/h5H,3-4H2,1-2H3/b7-6-. The first-order chi connectivity index (χ1) is 4.34. The molecular weight excluding hydrogens is 118 g/mol. The van der Waals surface area contributed by atoms with Gasteiger partial charge in [-0.15, -0.1) is 0 Å². The van der Waals surface area contributed by atoms with E-state index < -0.39 is 0 Å². The largest absolute Gasteiger partial charge is 0.399 e. The van der Waals surface area contributed by atoms with Gasteiger partial charge in [0.1, 0.15) is 7.11 Å². The third-order valence-electron chi connectivity index (χ3n) is 1.40. The van der Waals surface area contributed by atoms with Crippen molar-refractivity contribution in [2.24, 2.45) is 5.16 Å². The number of ether oxygens (including phenoxy) is 1. The molecule has 0 spiro atoms. The molecule has 9 heavy (non-hydrogen) atoms. The van der Waals surface area contributed by atoms with Crippen LogP contribution >= 0.6 is 0 Å². The van der Waals surface area contributed by atoms with E-state index in [2.05, 4.69) is 9.99 Å². The van der Waals surface area contributed by atoms with Crippen molar-refractivity contribution in [2.45, 2.75) is 19.4 Å². The first-order valence-corrected chi connectivity index (χ1v) is 3.06.